The first kappa shape index (κ1) is 8.38. The number of hydrogen-bond donors (Lipinski definition) is 1. The molecule has 0 saturated carbocycles. The normalized spacial score (nSPS) is 11.4. The van der Waals surface area contributed by atoms with E-state index < -0.39 is 10.0 Å². The number of hydrogen-bond acceptors (Lipinski definition) is 4. The first-order chi connectivity index (χ1) is 5.04. The number of aldehydes is 1. The Kier molecular flexibility index (Phi) is 2.08. The molecule has 0 fully saturated rings. The van der Waals surface area contributed by atoms with E-state index in [1.165, 1.54) is 11.4 Å². The second-order valence-electron chi connectivity index (χ2n) is 1.85. The second kappa shape index (κ2) is 2.72. The first-order valence-corrected chi connectivity index (χ1v) is 5.03. The SMILES string of the molecule is NS(=O)(=O)c1csc(C=O)c1. The molecule has 0 aliphatic carbocycles. The van der Waals surface area contributed by atoms with Crippen molar-refractivity contribution in [1.29, 1.82) is 0 Å². The molecule has 2 N–H and O–H groups in total. The fourth-order valence-corrected chi connectivity index (χ4v) is 2.16. The van der Waals surface area contributed by atoms with E-state index in [4.69, 9.17) is 5.14 Å². The summed E-state index contributed by atoms with van der Waals surface area (Å²) in [4.78, 5) is 10.5. The summed E-state index contributed by atoms with van der Waals surface area (Å²) >= 11 is 1.05. The minimum Gasteiger partial charge on any atom is -0.297 e. The van der Waals surface area contributed by atoms with Crippen molar-refractivity contribution in [2.75, 3.05) is 0 Å². The van der Waals surface area contributed by atoms with Crippen LogP contribution in [-0.4, -0.2) is 14.7 Å². The lowest BCUT2D eigenvalue weighted by atomic mass is 10.5. The van der Waals surface area contributed by atoms with Gasteiger partial charge in [0.2, 0.25) is 10.0 Å². The molecule has 0 saturated heterocycles. The average Bonchev–Trinajstić information content (AvgIpc) is 2.32. The minimum absolute atomic E-state index is 0.00963. The molecule has 6 heteroatoms. The van der Waals surface area contributed by atoms with Crippen molar-refractivity contribution >= 4 is 27.6 Å². The van der Waals surface area contributed by atoms with E-state index in [0.29, 0.717) is 11.2 Å². The van der Waals surface area contributed by atoms with Gasteiger partial charge in [-0.05, 0) is 6.07 Å². The second-order valence-corrected chi connectivity index (χ2v) is 4.35. The lowest BCUT2D eigenvalue weighted by Gasteiger charge is -1.87. The van der Waals surface area contributed by atoms with E-state index in [2.05, 4.69) is 0 Å². The number of thiophene rings is 1. The Labute approximate surface area is 67.7 Å². The Morgan fingerprint density at radius 2 is 2.18 bits per heavy atom. The number of carbonyl (C=O) groups is 1. The maximum atomic E-state index is 10.6. The molecule has 0 spiro atoms. The summed E-state index contributed by atoms with van der Waals surface area (Å²) in [5.41, 5.74) is 0. The number of rotatable bonds is 2. The third-order valence-corrected chi connectivity index (χ3v) is 2.94. The van der Waals surface area contributed by atoms with Gasteiger partial charge in [-0.3, -0.25) is 4.79 Å². The van der Waals surface area contributed by atoms with Gasteiger partial charge < -0.3 is 0 Å². The van der Waals surface area contributed by atoms with Crippen LogP contribution in [0.25, 0.3) is 0 Å². The van der Waals surface area contributed by atoms with Crippen molar-refractivity contribution < 1.29 is 13.2 Å². The van der Waals surface area contributed by atoms with Crippen LogP contribution < -0.4 is 5.14 Å². The highest BCUT2D eigenvalue weighted by atomic mass is 32.2. The molecule has 0 aliphatic heterocycles. The summed E-state index contributed by atoms with van der Waals surface area (Å²) in [5, 5.41) is 6.12. The van der Waals surface area contributed by atoms with Crippen LogP contribution in [0.2, 0.25) is 0 Å². The van der Waals surface area contributed by atoms with Crippen LogP contribution in [0.3, 0.4) is 0 Å². The molecule has 1 heterocycles. The largest absolute Gasteiger partial charge is 0.297 e. The van der Waals surface area contributed by atoms with E-state index in [1.54, 1.807) is 0 Å². The molecule has 0 bridgehead atoms. The van der Waals surface area contributed by atoms with Crippen LogP contribution in [0, 0.1) is 0 Å². The molecule has 1 rings (SSSR count). The standard InChI is InChI=1S/C5H5NO3S2/c6-11(8,9)5-1-4(2-7)10-3-5/h1-3H,(H2,6,8,9). The molecule has 1 aromatic rings. The highest BCUT2D eigenvalue weighted by Crippen LogP contribution is 2.15. The predicted molar refractivity (Wildman–Crippen MR) is 41.1 cm³/mol. The van der Waals surface area contributed by atoms with E-state index in [1.807, 2.05) is 0 Å². The van der Waals surface area contributed by atoms with Crippen molar-refractivity contribution in [1.82, 2.24) is 0 Å². The molecule has 0 atom stereocenters. The monoisotopic (exact) mass is 191 g/mol. The summed E-state index contributed by atoms with van der Waals surface area (Å²) in [6, 6.07) is 1.24. The maximum Gasteiger partial charge on any atom is 0.238 e. The Hall–Kier alpha value is -0.720. The van der Waals surface area contributed by atoms with Gasteiger partial charge in [0.15, 0.2) is 6.29 Å². The highest BCUT2D eigenvalue weighted by Gasteiger charge is 2.09. The molecule has 0 radical (unpaired) electrons. The van der Waals surface area contributed by atoms with Crippen LogP contribution in [0.1, 0.15) is 9.67 Å². The molecule has 4 nitrogen and oxygen atoms in total. The Balaban J connectivity index is 3.18. The molecule has 0 aliphatic rings. The quantitative estimate of drug-likeness (QED) is 0.679. The van der Waals surface area contributed by atoms with Crippen molar-refractivity contribution in [2.45, 2.75) is 4.90 Å². The average molecular weight is 191 g/mol. The van der Waals surface area contributed by atoms with Gasteiger partial charge in [-0.15, -0.1) is 11.3 Å². The number of nitrogens with two attached hydrogens (primary N) is 1. The summed E-state index contributed by atoms with van der Waals surface area (Å²) in [6.07, 6.45) is 0.583. The molecule has 0 amide bonds. The third-order valence-electron chi connectivity index (χ3n) is 1.04. The van der Waals surface area contributed by atoms with Gasteiger partial charge in [0.1, 0.15) is 0 Å². The van der Waals surface area contributed by atoms with Crippen LogP contribution in [-0.2, 0) is 10.0 Å². The zero-order valence-corrected chi connectivity index (χ0v) is 6.98. The van der Waals surface area contributed by atoms with E-state index >= 15 is 0 Å². The summed E-state index contributed by atoms with van der Waals surface area (Å²) < 4.78 is 21.3. The highest BCUT2D eigenvalue weighted by molar-refractivity contribution is 7.89. The van der Waals surface area contributed by atoms with Crippen LogP contribution >= 0.6 is 11.3 Å². The lowest BCUT2D eigenvalue weighted by molar-refractivity contribution is 0.112. The number of primary sulfonamides is 1. The van der Waals surface area contributed by atoms with Crippen molar-refractivity contribution in [3.63, 3.8) is 0 Å². The van der Waals surface area contributed by atoms with Gasteiger partial charge in [0.25, 0.3) is 0 Å². The fraction of sp³-hybridized carbons (Fsp3) is 0. The summed E-state index contributed by atoms with van der Waals surface area (Å²) in [7, 11) is -3.64. The van der Waals surface area contributed by atoms with E-state index in [0.717, 1.165) is 11.3 Å². The fourth-order valence-electron chi connectivity index (χ4n) is 0.545. The minimum atomic E-state index is -3.64. The topological polar surface area (TPSA) is 77.2 Å². The van der Waals surface area contributed by atoms with E-state index in [-0.39, 0.29) is 4.90 Å². The van der Waals surface area contributed by atoms with Crippen molar-refractivity contribution in [3.05, 3.63) is 16.3 Å². The van der Waals surface area contributed by atoms with Crippen LogP contribution in [0.15, 0.2) is 16.3 Å². The summed E-state index contributed by atoms with van der Waals surface area (Å²) in [6.45, 7) is 0. The lowest BCUT2D eigenvalue weighted by Crippen LogP contribution is -2.10. The zero-order valence-electron chi connectivity index (χ0n) is 5.35. The van der Waals surface area contributed by atoms with Gasteiger partial charge in [-0.1, -0.05) is 0 Å². The Morgan fingerprint density at radius 1 is 1.55 bits per heavy atom. The Morgan fingerprint density at radius 3 is 2.45 bits per heavy atom. The Bertz CT molecular complexity index is 365. The summed E-state index contributed by atoms with van der Waals surface area (Å²) in [5.74, 6) is 0. The maximum absolute atomic E-state index is 10.6. The van der Waals surface area contributed by atoms with Crippen LogP contribution in [0.5, 0.6) is 0 Å². The molecule has 1 aromatic heterocycles. The third kappa shape index (κ3) is 1.86. The molecule has 11 heavy (non-hydrogen) atoms. The van der Waals surface area contributed by atoms with Crippen LogP contribution in [0.4, 0.5) is 0 Å². The van der Waals surface area contributed by atoms with Gasteiger partial charge in [-0.25, -0.2) is 13.6 Å². The zero-order chi connectivity index (χ0) is 8.48. The van der Waals surface area contributed by atoms with E-state index in [9.17, 15) is 13.2 Å². The smallest absolute Gasteiger partial charge is 0.238 e. The first-order valence-electron chi connectivity index (χ1n) is 2.60. The number of sulfonamides is 1. The van der Waals surface area contributed by atoms with Gasteiger partial charge in [0, 0.05) is 5.38 Å². The van der Waals surface area contributed by atoms with Gasteiger partial charge >= 0.3 is 0 Å². The molecule has 60 valence electrons. The van der Waals surface area contributed by atoms with Gasteiger partial charge in [-0.2, -0.15) is 0 Å². The molecular weight excluding hydrogens is 186 g/mol. The number of carbonyl (C=O) groups excluding carboxylic acids is 1. The molecular formula is C5H5NO3S2. The predicted octanol–water partition coefficient (Wildman–Crippen LogP) is 0.208. The molecule has 0 aromatic carbocycles. The molecule has 0 unspecified atom stereocenters. The van der Waals surface area contributed by atoms with Crippen molar-refractivity contribution in [3.8, 4) is 0 Å². The van der Waals surface area contributed by atoms with Gasteiger partial charge in [0.05, 0.1) is 9.77 Å². The van der Waals surface area contributed by atoms with Crippen molar-refractivity contribution in [2.24, 2.45) is 5.14 Å².